The first-order valence-electron chi connectivity index (χ1n) is 8.09. The second kappa shape index (κ2) is 9.20. The van der Waals surface area contributed by atoms with Crippen molar-refractivity contribution >= 4 is 33.4 Å². The lowest BCUT2D eigenvalue weighted by Crippen LogP contribution is -2.38. The number of carbonyl (C=O) groups is 1. The first-order chi connectivity index (χ1) is 12.8. The maximum absolute atomic E-state index is 13.6. The summed E-state index contributed by atoms with van der Waals surface area (Å²) in [5.74, 6) is -1.18. The van der Waals surface area contributed by atoms with Gasteiger partial charge in [0.15, 0.2) is 0 Å². The van der Waals surface area contributed by atoms with E-state index in [0.29, 0.717) is 5.69 Å². The van der Waals surface area contributed by atoms with E-state index in [4.69, 9.17) is 4.74 Å². The lowest BCUT2D eigenvalue weighted by atomic mass is 10.3. The lowest BCUT2D eigenvalue weighted by molar-refractivity contribution is -0.116. The largest absolute Gasteiger partial charge is 0.495 e. The third-order valence-corrected chi connectivity index (χ3v) is 6.44. The van der Waals surface area contributed by atoms with Gasteiger partial charge in [0.2, 0.25) is 15.9 Å². The number of amides is 1. The van der Waals surface area contributed by atoms with E-state index in [-0.39, 0.29) is 17.2 Å². The average molecular weight is 413 g/mol. The van der Waals surface area contributed by atoms with E-state index in [1.807, 2.05) is 12.3 Å². The minimum Gasteiger partial charge on any atom is -0.495 e. The Kier molecular flexibility index (Phi) is 7.23. The standard InChI is InChI=1S/C18H21FN2O4S2/c1-4-21(12-18(22)20-14-6-5-7-15(11-14)26-3)27(23,24)17-10-13(19)8-9-16(17)25-2/h5-11H,4,12H2,1-3H3,(H,20,22). The Hall–Kier alpha value is -2.10. The van der Waals surface area contributed by atoms with Crippen LogP contribution in [0.25, 0.3) is 0 Å². The second-order valence-electron chi connectivity index (χ2n) is 5.51. The van der Waals surface area contributed by atoms with Crippen molar-refractivity contribution in [3.05, 3.63) is 48.3 Å². The summed E-state index contributed by atoms with van der Waals surface area (Å²) in [7, 11) is -2.81. The van der Waals surface area contributed by atoms with Gasteiger partial charge in [0, 0.05) is 17.1 Å². The number of carbonyl (C=O) groups excluding carboxylic acids is 1. The molecule has 0 radical (unpaired) electrons. The highest BCUT2D eigenvalue weighted by molar-refractivity contribution is 7.98. The number of anilines is 1. The van der Waals surface area contributed by atoms with Crippen LogP contribution < -0.4 is 10.1 Å². The van der Waals surface area contributed by atoms with Crippen molar-refractivity contribution in [3.8, 4) is 5.75 Å². The van der Waals surface area contributed by atoms with Gasteiger partial charge < -0.3 is 10.1 Å². The molecule has 0 heterocycles. The Labute approximate surface area is 162 Å². The third-order valence-electron chi connectivity index (χ3n) is 3.77. The molecule has 6 nitrogen and oxygen atoms in total. The van der Waals surface area contributed by atoms with Crippen LogP contribution in [0.5, 0.6) is 5.75 Å². The maximum atomic E-state index is 13.6. The van der Waals surface area contributed by atoms with Crippen molar-refractivity contribution < 1.29 is 22.3 Å². The molecule has 0 saturated carbocycles. The second-order valence-corrected chi connectivity index (χ2v) is 8.29. The molecular weight excluding hydrogens is 391 g/mol. The number of nitrogens with one attached hydrogen (secondary N) is 1. The normalized spacial score (nSPS) is 11.4. The number of likely N-dealkylation sites (N-methyl/N-ethyl adjacent to an activating group) is 1. The minimum atomic E-state index is -4.11. The summed E-state index contributed by atoms with van der Waals surface area (Å²) < 4.78 is 45.3. The van der Waals surface area contributed by atoms with E-state index in [1.165, 1.54) is 24.9 Å². The molecular formula is C18H21FN2O4S2. The van der Waals surface area contributed by atoms with Crippen molar-refractivity contribution in [2.24, 2.45) is 0 Å². The number of halogens is 1. The molecule has 1 amide bonds. The summed E-state index contributed by atoms with van der Waals surface area (Å²) in [6.45, 7) is 1.24. The van der Waals surface area contributed by atoms with Gasteiger partial charge in [-0.05, 0) is 42.7 Å². The van der Waals surface area contributed by atoms with Crippen molar-refractivity contribution in [1.29, 1.82) is 0 Å². The molecule has 9 heteroatoms. The summed E-state index contributed by atoms with van der Waals surface area (Å²) in [4.78, 5) is 13.0. The zero-order valence-electron chi connectivity index (χ0n) is 15.2. The molecule has 27 heavy (non-hydrogen) atoms. The number of methoxy groups -OCH3 is 1. The number of ether oxygens (including phenoxy) is 1. The Bertz CT molecular complexity index is 919. The van der Waals surface area contributed by atoms with Crippen LogP contribution in [0.1, 0.15) is 6.92 Å². The highest BCUT2D eigenvalue weighted by Crippen LogP contribution is 2.27. The smallest absolute Gasteiger partial charge is 0.247 e. The third kappa shape index (κ3) is 5.21. The van der Waals surface area contributed by atoms with Gasteiger partial charge in [0.25, 0.3) is 0 Å². The summed E-state index contributed by atoms with van der Waals surface area (Å²) in [5, 5.41) is 2.68. The quantitative estimate of drug-likeness (QED) is 0.674. The van der Waals surface area contributed by atoms with Crippen LogP contribution in [0, 0.1) is 5.82 Å². The van der Waals surface area contributed by atoms with Gasteiger partial charge in [-0.15, -0.1) is 11.8 Å². The van der Waals surface area contributed by atoms with Crippen molar-refractivity contribution in [2.75, 3.05) is 31.8 Å². The van der Waals surface area contributed by atoms with Crippen molar-refractivity contribution in [2.45, 2.75) is 16.7 Å². The van der Waals surface area contributed by atoms with Gasteiger partial charge in [0.1, 0.15) is 16.5 Å². The molecule has 0 aliphatic heterocycles. The average Bonchev–Trinajstić information content (AvgIpc) is 2.66. The number of rotatable bonds is 8. The van der Waals surface area contributed by atoms with Crippen LogP contribution in [0.2, 0.25) is 0 Å². The van der Waals surface area contributed by atoms with E-state index in [0.717, 1.165) is 21.3 Å². The molecule has 0 saturated heterocycles. The van der Waals surface area contributed by atoms with E-state index >= 15 is 0 Å². The first kappa shape index (κ1) is 21.2. The van der Waals surface area contributed by atoms with Crippen LogP contribution in [0.15, 0.2) is 52.3 Å². The number of sulfonamides is 1. The predicted octanol–water partition coefficient (Wildman–Crippen LogP) is 3.21. The fourth-order valence-corrected chi connectivity index (χ4v) is 4.45. The van der Waals surface area contributed by atoms with Gasteiger partial charge in [-0.25, -0.2) is 12.8 Å². The van der Waals surface area contributed by atoms with Crippen molar-refractivity contribution in [1.82, 2.24) is 4.31 Å². The van der Waals surface area contributed by atoms with Gasteiger partial charge in [0.05, 0.1) is 13.7 Å². The molecule has 0 fully saturated rings. The van der Waals surface area contributed by atoms with Gasteiger partial charge in [-0.3, -0.25) is 4.79 Å². The van der Waals surface area contributed by atoms with E-state index in [2.05, 4.69) is 5.32 Å². The summed E-state index contributed by atoms with van der Waals surface area (Å²) >= 11 is 1.53. The zero-order valence-corrected chi connectivity index (χ0v) is 16.9. The highest BCUT2D eigenvalue weighted by Gasteiger charge is 2.29. The number of benzene rings is 2. The lowest BCUT2D eigenvalue weighted by Gasteiger charge is -2.21. The predicted molar refractivity (Wildman–Crippen MR) is 104 cm³/mol. The molecule has 0 unspecified atom stereocenters. The summed E-state index contributed by atoms with van der Waals surface area (Å²) in [6.07, 6.45) is 1.92. The van der Waals surface area contributed by atoms with E-state index in [9.17, 15) is 17.6 Å². The number of nitrogens with zero attached hydrogens (tertiary/aromatic N) is 1. The Morgan fingerprint density at radius 1 is 1.26 bits per heavy atom. The SMILES string of the molecule is CCN(CC(=O)Nc1cccc(SC)c1)S(=O)(=O)c1cc(F)ccc1OC. The molecule has 0 aliphatic rings. The van der Waals surface area contributed by atoms with Crippen LogP contribution in [0.3, 0.4) is 0 Å². The molecule has 146 valence electrons. The number of hydrogen-bond acceptors (Lipinski definition) is 5. The fourth-order valence-electron chi connectivity index (χ4n) is 2.42. The first-order valence-corrected chi connectivity index (χ1v) is 10.8. The molecule has 0 spiro atoms. The number of hydrogen-bond donors (Lipinski definition) is 1. The highest BCUT2D eigenvalue weighted by atomic mass is 32.2. The van der Waals surface area contributed by atoms with E-state index < -0.39 is 28.3 Å². The zero-order chi connectivity index (χ0) is 20.0. The molecule has 2 aromatic carbocycles. The van der Waals surface area contributed by atoms with Gasteiger partial charge in [-0.1, -0.05) is 13.0 Å². The molecule has 1 N–H and O–H groups in total. The molecule has 0 aliphatic carbocycles. The summed E-state index contributed by atoms with van der Waals surface area (Å²) in [6, 6.07) is 10.5. The Balaban J connectivity index is 2.22. The van der Waals surface area contributed by atoms with Crippen LogP contribution >= 0.6 is 11.8 Å². The van der Waals surface area contributed by atoms with Crippen LogP contribution in [0.4, 0.5) is 10.1 Å². The Morgan fingerprint density at radius 2 is 2.00 bits per heavy atom. The molecule has 2 aromatic rings. The van der Waals surface area contributed by atoms with Gasteiger partial charge in [-0.2, -0.15) is 4.31 Å². The Morgan fingerprint density at radius 3 is 2.63 bits per heavy atom. The molecule has 0 atom stereocenters. The van der Waals surface area contributed by atoms with Gasteiger partial charge >= 0.3 is 0 Å². The van der Waals surface area contributed by atoms with Crippen LogP contribution in [-0.2, 0) is 14.8 Å². The molecule has 0 bridgehead atoms. The number of thioether (sulfide) groups is 1. The molecule has 2 rings (SSSR count). The topological polar surface area (TPSA) is 75.7 Å². The monoisotopic (exact) mass is 412 g/mol. The summed E-state index contributed by atoms with van der Waals surface area (Å²) in [5.41, 5.74) is 0.573. The van der Waals surface area contributed by atoms with Crippen LogP contribution in [-0.4, -0.2) is 45.1 Å². The maximum Gasteiger partial charge on any atom is 0.247 e. The molecule has 0 aromatic heterocycles. The minimum absolute atomic E-state index is 0.0166. The van der Waals surface area contributed by atoms with Crippen molar-refractivity contribution in [3.63, 3.8) is 0 Å². The van der Waals surface area contributed by atoms with E-state index in [1.54, 1.807) is 25.1 Å². The fraction of sp³-hybridized carbons (Fsp3) is 0.278.